The lowest BCUT2D eigenvalue weighted by Gasteiger charge is -2.32. The summed E-state index contributed by atoms with van der Waals surface area (Å²) in [6, 6.07) is -5.57. The van der Waals surface area contributed by atoms with Crippen molar-refractivity contribution in [1.29, 1.82) is 0 Å². The molecule has 1 fully saturated rings. The average Bonchev–Trinajstić information content (AvgIpc) is 3.91. The molecule has 2 aromatic rings. The number of ether oxygens (including phenoxy) is 2. The van der Waals surface area contributed by atoms with Gasteiger partial charge in [-0.1, -0.05) is 27.2 Å². The van der Waals surface area contributed by atoms with Crippen molar-refractivity contribution in [3.05, 3.63) is 23.8 Å². The number of H-pyrrole nitrogens is 1. The first-order chi connectivity index (χ1) is 34.8. The molecule has 10 amide bonds. The highest BCUT2D eigenvalue weighted by Crippen LogP contribution is 2.31. The van der Waals surface area contributed by atoms with Crippen LogP contribution in [0, 0.1) is 11.8 Å². The molecule has 2 bridgehead atoms. The molecule has 3 aliphatic heterocycles. The summed E-state index contributed by atoms with van der Waals surface area (Å²) in [6.07, 6.45) is -5.21. The molecule has 408 valence electrons. The minimum absolute atomic E-state index is 0.0196. The normalized spacial score (nSPS) is 26.3. The molecule has 1 aromatic carbocycles. The minimum Gasteiger partial charge on any atom is -0.492 e. The topological polar surface area (TPSA) is 408 Å². The van der Waals surface area contributed by atoms with E-state index in [0.29, 0.717) is 6.42 Å². The number of primary amides is 1. The number of amides is 10. The molecule has 0 aliphatic carbocycles. The Kier molecular flexibility index (Phi) is 19.9. The van der Waals surface area contributed by atoms with Gasteiger partial charge in [-0.2, -0.15) is 0 Å². The van der Waals surface area contributed by atoms with Crippen molar-refractivity contribution >= 4 is 81.0 Å². The quantitative estimate of drug-likeness (QED) is 0.0941. The number of fused-ring (bicyclic) bond motifs is 5. The van der Waals surface area contributed by atoms with Gasteiger partial charge in [0.1, 0.15) is 59.2 Å². The van der Waals surface area contributed by atoms with Crippen LogP contribution in [0.3, 0.4) is 0 Å². The largest absolute Gasteiger partial charge is 0.492 e. The van der Waals surface area contributed by atoms with Crippen LogP contribution >= 0.6 is 0 Å². The van der Waals surface area contributed by atoms with Crippen molar-refractivity contribution in [2.75, 3.05) is 45.1 Å². The van der Waals surface area contributed by atoms with Crippen LogP contribution in [0.5, 0.6) is 5.75 Å². The SMILES string of the molecule is CCC(C)[C@@H]1NC(=O)CNC(=O)C2Cc3c([nH]c4cc(OCCNC(=O)OC(C)(C)C)ccc34)[S@](=O)CC(NC(=O)CNC1=O)C(=O)N[C@@H](CC(N)=O)C(=O)N1CC(O)C[C@H]1C(=O)N[C@@H]([C@@H](C)[C@@H](O)CO)C(=O)N2. The van der Waals surface area contributed by atoms with E-state index in [-0.39, 0.29) is 40.4 Å². The van der Waals surface area contributed by atoms with Gasteiger partial charge in [0.25, 0.3) is 0 Å². The summed E-state index contributed by atoms with van der Waals surface area (Å²) < 4.78 is 26.0. The van der Waals surface area contributed by atoms with Crippen molar-refractivity contribution in [3.63, 3.8) is 0 Å². The second kappa shape index (κ2) is 25.4. The summed E-state index contributed by atoms with van der Waals surface area (Å²) in [5, 5.41) is 51.5. The number of nitrogens with two attached hydrogens (primary N) is 1. The average molecular weight is 1060 g/mol. The van der Waals surface area contributed by atoms with E-state index in [1.54, 1.807) is 34.6 Å². The number of nitrogens with zero attached hydrogens (tertiary/aromatic N) is 1. The van der Waals surface area contributed by atoms with Crippen molar-refractivity contribution in [2.24, 2.45) is 17.6 Å². The number of hydrogen-bond donors (Lipinski definition) is 13. The molecule has 1 saturated heterocycles. The predicted molar refractivity (Wildman–Crippen MR) is 260 cm³/mol. The molecule has 28 heteroatoms. The summed E-state index contributed by atoms with van der Waals surface area (Å²) in [4.78, 5) is 141. The third kappa shape index (κ3) is 15.3. The molecule has 14 N–H and O–H groups in total. The number of aromatic nitrogens is 1. The van der Waals surface area contributed by atoms with Crippen LogP contribution in [0.25, 0.3) is 10.9 Å². The number of rotatable bonds is 11. The van der Waals surface area contributed by atoms with Crippen LogP contribution in [-0.4, -0.2) is 188 Å². The molecule has 11 atom stereocenters. The van der Waals surface area contributed by atoms with Gasteiger partial charge in [0.15, 0.2) is 0 Å². The van der Waals surface area contributed by atoms with Gasteiger partial charge in [-0.3, -0.25) is 47.4 Å². The van der Waals surface area contributed by atoms with Gasteiger partial charge in [-0.25, -0.2) is 4.79 Å². The summed E-state index contributed by atoms with van der Waals surface area (Å²) in [5.74, 6) is -11.7. The van der Waals surface area contributed by atoms with E-state index < -0.39 is 187 Å². The van der Waals surface area contributed by atoms with Gasteiger partial charge in [0.05, 0.1) is 66.9 Å². The molecule has 0 spiro atoms. The molecular weight excluding hydrogens is 995 g/mol. The Balaban J connectivity index is 1.70. The van der Waals surface area contributed by atoms with E-state index in [1.807, 2.05) is 0 Å². The highest BCUT2D eigenvalue weighted by molar-refractivity contribution is 7.85. The lowest BCUT2D eigenvalue weighted by molar-refractivity contribution is -0.144. The first kappa shape index (κ1) is 58.0. The van der Waals surface area contributed by atoms with Gasteiger partial charge in [-0.05, 0) is 44.4 Å². The maximum Gasteiger partial charge on any atom is 0.407 e. The number of carbonyl (C=O) groups excluding carboxylic acids is 10. The van der Waals surface area contributed by atoms with Gasteiger partial charge >= 0.3 is 6.09 Å². The third-order valence-electron chi connectivity index (χ3n) is 12.6. The first-order valence-corrected chi connectivity index (χ1v) is 25.4. The third-order valence-corrected chi connectivity index (χ3v) is 14.0. The fourth-order valence-corrected chi connectivity index (χ4v) is 9.81. The minimum atomic E-state index is -2.42. The molecule has 27 nitrogen and oxygen atoms in total. The number of aliphatic hydroxyl groups excluding tert-OH is 3. The Labute approximate surface area is 427 Å². The highest BCUT2D eigenvalue weighted by atomic mass is 32.2. The molecule has 5 rings (SSSR count). The van der Waals surface area contributed by atoms with Crippen LogP contribution in [0.4, 0.5) is 4.79 Å². The van der Waals surface area contributed by atoms with Crippen molar-refractivity contribution in [2.45, 2.75) is 126 Å². The standard InChI is InChI=1S/C46H67N11O16S/c1-7-21(2)36-41(67)50-16-34(62)51-30-20-74(71)43-26(25-9-8-24(13-27(25)54-43)72-11-10-48-45(70)73-46(4,5)6)14-28(38(64)49-17-35(63)55-36)52-42(68)37(22(3)32(60)19-58)56-40(66)31-12-23(59)18-57(31)44(69)29(15-33(47)61)53-39(30)65/h8-9,13,21-23,28-32,36-37,54,58-60H,7,10-12,14-20H2,1-6H3,(H2,47,61)(H,48,70)(H,49,64)(H,50,67)(H,51,62)(H,52,68)(H,53,65)(H,55,63)(H,56,66)/t21?,22-,23?,28?,29-,30?,31-,32-,36-,37-,74+/m0/s1. The second-order valence-electron chi connectivity index (χ2n) is 19.4. The van der Waals surface area contributed by atoms with E-state index in [9.17, 15) is 67.5 Å². The second-order valence-corrected chi connectivity index (χ2v) is 20.8. The van der Waals surface area contributed by atoms with E-state index in [2.05, 4.69) is 47.5 Å². The number of nitrogens with one attached hydrogen (secondary N) is 9. The van der Waals surface area contributed by atoms with E-state index in [0.717, 1.165) is 4.90 Å². The molecule has 0 radical (unpaired) electrons. The van der Waals surface area contributed by atoms with Gasteiger partial charge in [-0.15, -0.1) is 0 Å². The maximum atomic E-state index is 14.9. The van der Waals surface area contributed by atoms with Gasteiger partial charge in [0, 0.05) is 36.8 Å². The summed E-state index contributed by atoms with van der Waals surface area (Å²) >= 11 is 0. The first-order valence-electron chi connectivity index (χ1n) is 24.0. The molecule has 74 heavy (non-hydrogen) atoms. The smallest absolute Gasteiger partial charge is 0.407 e. The lowest BCUT2D eigenvalue weighted by Crippen LogP contribution is -2.62. The number of aromatic amines is 1. The van der Waals surface area contributed by atoms with Crippen LogP contribution in [0.15, 0.2) is 23.2 Å². The fourth-order valence-electron chi connectivity index (χ4n) is 8.42. The zero-order valence-electron chi connectivity index (χ0n) is 41.9. The number of benzene rings is 1. The predicted octanol–water partition coefficient (Wildman–Crippen LogP) is -4.72. The maximum absolute atomic E-state index is 14.9. The van der Waals surface area contributed by atoms with Crippen molar-refractivity contribution < 1.29 is 76.9 Å². The Morgan fingerprint density at radius 3 is 2.22 bits per heavy atom. The lowest BCUT2D eigenvalue weighted by atomic mass is 9.93. The number of hydrogen-bond acceptors (Lipinski definition) is 16. The molecule has 4 heterocycles. The molecule has 4 unspecified atom stereocenters. The van der Waals surface area contributed by atoms with E-state index >= 15 is 0 Å². The fraction of sp³-hybridized carbons (Fsp3) is 0.609. The van der Waals surface area contributed by atoms with Crippen LogP contribution in [0.2, 0.25) is 0 Å². The van der Waals surface area contributed by atoms with E-state index in [1.165, 1.54) is 25.1 Å². The van der Waals surface area contributed by atoms with Gasteiger partial charge < -0.3 is 82.9 Å². The number of carbonyl (C=O) groups is 10. The molecular formula is C46H67N11O16S. The van der Waals surface area contributed by atoms with Crippen molar-refractivity contribution in [3.8, 4) is 5.75 Å². The highest BCUT2D eigenvalue weighted by Gasteiger charge is 2.45. The summed E-state index contributed by atoms with van der Waals surface area (Å²) in [6.45, 7) is 6.75. The van der Waals surface area contributed by atoms with E-state index in [4.69, 9.17) is 15.2 Å². The van der Waals surface area contributed by atoms with Gasteiger partial charge in [0.2, 0.25) is 53.2 Å². The Hall–Kier alpha value is -6.91. The van der Waals surface area contributed by atoms with Crippen molar-refractivity contribution in [1.82, 2.24) is 52.4 Å². The monoisotopic (exact) mass is 1060 g/mol. The van der Waals surface area contributed by atoms with Crippen LogP contribution < -0.4 is 53.0 Å². The Morgan fingerprint density at radius 1 is 0.892 bits per heavy atom. The summed E-state index contributed by atoms with van der Waals surface area (Å²) in [5.41, 5.74) is 5.09. The number of alkyl carbamates (subject to hydrolysis) is 1. The molecule has 3 aliphatic rings. The zero-order chi connectivity index (χ0) is 54.8. The molecule has 1 aromatic heterocycles. The van der Waals surface area contributed by atoms with Crippen LogP contribution in [-0.2, 0) is 65.1 Å². The Morgan fingerprint density at radius 2 is 1.57 bits per heavy atom. The number of aliphatic hydroxyl groups is 3. The molecule has 0 saturated carbocycles. The summed E-state index contributed by atoms with van der Waals surface area (Å²) in [7, 11) is -2.42. The Bertz CT molecular complexity index is 2500. The zero-order valence-corrected chi connectivity index (χ0v) is 42.7. The van der Waals surface area contributed by atoms with Crippen LogP contribution in [0.1, 0.15) is 66.4 Å².